The summed E-state index contributed by atoms with van der Waals surface area (Å²) in [5.74, 6) is -1.52. The number of likely N-dealkylation sites (tertiary alicyclic amines) is 1. The van der Waals surface area contributed by atoms with Crippen LogP contribution >= 0.6 is 0 Å². The number of benzene rings is 1. The number of fused-ring (bicyclic) bond motifs is 1. The first-order valence-corrected chi connectivity index (χ1v) is 10.2. The zero-order valence-electron chi connectivity index (χ0n) is 15.2. The third-order valence-electron chi connectivity index (χ3n) is 4.82. The number of likely N-dealkylation sites (N-methyl/N-ethyl adjacent to an activating group) is 1. The molecule has 1 saturated heterocycles. The maximum absolute atomic E-state index is 12.9. The van der Waals surface area contributed by atoms with E-state index in [0.29, 0.717) is 19.0 Å². The molecule has 156 valence electrons. The van der Waals surface area contributed by atoms with Gasteiger partial charge in [-0.3, -0.25) is 4.79 Å². The summed E-state index contributed by atoms with van der Waals surface area (Å²) in [6.45, 7) is -0.145. The lowest BCUT2D eigenvalue weighted by Crippen LogP contribution is -2.48. The van der Waals surface area contributed by atoms with Gasteiger partial charge >= 0.3 is 6.18 Å². The maximum atomic E-state index is 12.9. The van der Waals surface area contributed by atoms with Crippen molar-refractivity contribution in [2.45, 2.75) is 23.9 Å². The second kappa shape index (κ2) is 7.78. The molecule has 0 aliphatic carbocycles. The number of carbonyl (C=O) groups is 1. The van der Waals surface area contributed by atoms with Crippen molar-refractivity contribution in [2.75, 3.05) is 39.9 Å². The lowest BCUT2D eigenvalue weighted by Gasteiger charge is -2.34. The first kappa shape index (κ1) is 20.7. The highest BCUT2D eigenvalue weighted by Crippen LogP contribution is 2.34. The van der Waals surface area contributed by atoms with Gasteiger partial charge in [0.15, 0.2) is 11.5 Å². The minimum absolute atomic E-state index is 0.0292. The Hall–Kier alpha value is -2.01. The predicted molar refractivity (Wildman–Crippen MR) is 92.6 cm³/mol. The molecule has 1 unspecified atom stereocenters. The molecule has 3 rings (SSSR count). The highest BCUT2D eigenvalue weighted by molar-refractivity contribution is 7.89. The van der Waals surface area contributed by atoms with Gasteiger partial charge in [-0.15, -0.1) is 0 Å². The van der Waals surface area contributed by atoms with Crippen molar-refractivity contribution in [3.05, 3.63) is 18.2 Å². The van der Waals surface area contributed by atoms with Crippen LogP contribution in [0.1, 0.15) is 12.8 Å². The van der Waals surface area contributed by atoms with Crippen molar-refractivity contribution < 1.29 is 35.9 Å². The number of alkyl halides is 3. The van der Waals surface area contributed by atoms with E-state index in [0.717, 1.165) is 9.21 Å². The van der Waals surface area contributed by atoms with E-state index in [9.17, 15) is 26.4 Å². The molecule has 1 aromatic rings. The molecule has 2 heterocycles. The number of piperidine rings is 1. The summed E-state index contributed by atoms with van der Waals surface area (Å²) in [5.41, 5.74) is 0. The molecule has 1 amide bonds. The molecule has 2 aliphatic heterocycles. The Labute approximate surface area is 161 Å². The third-order valence-corrected chi connectivity index (χ3v) is 6.62. The molecule has 0 bridgehead atoms. The van der Waals surface area contributed by atoms with Gasteiger partial charge < -0.3 is 14.4 Å². The van der Waals surface area contributed by atoms with Crippen LogP contribution in [-0.2, 0) is 14.8 Å². The smallest absolute Gasteiger partial charge is 0.393 e. The summed E-state index contributed by atoms with van der Waals surface area (Å²) >= 11 is 0. The van der Waals surface area contributed by atoms with E-state index in [1.54, 1.807) is 0 Å². The number of sulfonamides is 1. The number of amides is 1. The molecule has 1 atom stereocenters. The Morgan fingerprint density at radius 1 is 1.25 bits per heavy atom. The lowest BCUT2D eigenvalue weighted by molar-refractivity contribution is -0.188. The van der Waals surface area contributed by atoms with Crippen LogP contribution in [0.5, 0.6) is 11.5 Å². The van der Waals surface area contributed by atoms with Crippen molar-refractivity contribution in [1.82, 2.24) is 9.21 Å². The van der Waals surface area contributed by atoms with Crippen LogP contribution in [0.3, 0.4) is 0 Å². The summed E-state index contributed by atoms with van der Waals surface area (Å²) < 4.78 is 75.8. The van der Waals surface area contributed by atoms with Gasteiger partial charge in [0.2, 0.25) is 15.9 Å². The molecule has 11 heteroatoms. The average Bonchev–Trinajstić information content (AvgIpc) is 2.66. The number of halogens is 3. The number of hydrogen-bond donors (Lipinski definition) is 0. The van der Waals surface area contributed by atoms with Gasteiger partial charge in [0.05, 0.1) is 17.4 Å². The number of rotatable bonds is 4. The Kier molecular flexibility index (Phi) is 5.76. The van der Waals surface area contributed by atoms with E-state index in [-0.39, 0.29) is 30.0 Å². The standard InChI is InChI=1S/C17H21F3N2O5S/c1-21(11-16(23)22-6-2-3-12(10-22)17(18,19)20)28(24,25)13-4-5-14-15(9-13)27-8-7-26-14/h4-5,9,12H,2-3,6-8,10-11H2,1H3. The first-order chi connectivity index (χ1) is 13.1. The molecule has 7 nitrogen and oxygen atoms in total. The molecule has 1 aromatic carbocycles. The lowest BCUT2D eigenvalue weighted by atomic mass is 9.97. The van der Waals surface area contributed by atoms with Gasteiger partial charge in [0, 0.05) is 26.2 Å². The molecule has 2 aliphatic rings. The van der Waals surface area contributed by atoms with Crippen LogP contribution in [0.25, 0.3) is 0 Å². The summed E-state index contributed by atoms with van der Waals surface area (Å²) in [5, 5.41) is 0. The van der Waals surface area contributed by atoms with E-state index in [2.05, 4.69) is 0 Å². The Balaban J connectivity index is 1.69. The van der Waals surface area contributed by atoms with Crippen LogP contribution < -0.4 is 9.47 Å². The normalized spacial score (nSPS) is 20.3. The first-order valence-electron chi connectivity index (χ1n) is 8.79. The zero-order chi connectivity index (χ0) is 20.5. The summed E-state index contributed by atoms with van der Waals surface area (Å²) in [7, 11) is -2.80. The summed E-state index contributed by atoms with van der Waals surface area (Å²) in [6, 6.07) is 4.12. The monoisotopic (exact) mass is 422 g/mol. The fraction of sp³-hybridized carbons (Fsp3) is 0.588. The maximum Gasteiger partial charge on any atom is 0.393 e. The molecule has 1 fully saturated rings. The Morgan fingerprint density at radius 2 is 1.93 bits per heavy atom. The molecular formula is C17H21F3N2O5S. The van der Waals surface area contributed by atoms with Gasteiger partial charge in [0.25, 0.3) is 0 Å². The van der Waals surface area contributed by atoms with E-state index in [4.69, 9.17) is 9.47 Å². The van der Waals surface area contributed by atoms with Crippen molar-refractivity contribution in [3.63, 3.8) is 0 Å². The van der Waals surface area contributed by atoms with E-state index >= 15 is 0 Å². The second-order valence-corrected chi connectivity index (χ2v) is 8.83. The topological polar surface area (TPSA) is 76.2 Å². The van der Waals surface area contributed by atoms with Crippen LogP contribution in [-0.4, -0.2) is 69.6 Å². The fourth-order valence-corrected chi connectivity index (χ4v) is 4.35. The quantitative estimate of drug-likeness (QED) is 0.741. The van der Waals surface area contributed by atoms with Gasteiger partial charge in [0.1, 0.15) is 13.2 Å². The third kappa shape index (κ3) is 4.35. The van der Waals surface area contributed by atoms with E-state index in [1.807, 2.05) is 0 Å². The van der Waals surface area contributed by atoms with Crippen molar-refractivity contribution in [2.24, 2.45) is 5.92 Å². The predicted octanol–water partition coefficient (Wildman–Crippen LogP) is 1.88. The van der Waals surface area contributed by atoms with Crippen LogP contribution in [0, 0.1) is 5.92 Å². The molecule has 0 radical (unpaired) electrons. The molecule has 0 N–H and O–H groups in total. The minimum Gasteiger partial charge on any atom is -0.486 e. The van der Waals surface area contributed by atoms with Crippen LogP contribution in [0.4, 0.5) is 13.2 Å². The summed E-state index contributed by atoms with van der Waals surface area (Å²) in [4.78, 5) is 13.4. The Bertz CT molecular complexity index is 844. The highest BCUT2D eigenvalue weighted by Gasteiger charge is 2.43. The summed E-state index contributed by atoms with van der Waals surface area (Å²) in [6.07, 6.45) is -4.17. The van der Waals surface area contributed by atoms with Gasteiger partial charge in [-0.05, 0) is 25.0 Å². The highest BCUT2D eigenvalue weighted by atomic mass is 32.2. The molecular weight excluding hydrogens is 401 g/mol. The number of carbonyl (C=O) groups excluding carboxylic acids is 1. The second-order valence-electron chi connectivity index (χ2n) is 6.79. The fourth-order valence-electron chi connectivity index (χ4n) is 3.21. The van der Waals surface area contributed by atoms with Crippen molar-refractivity contribution in [3.8, 4) is 11.5 Å². The molecule has 0 saturated carbocycles. The SMILES string of the molecule is CN(CC(=O)N1CCCC(C(F)(F)F)C1)S(=O)(=O)c1ccc2c(c1)OCCO2. The van der Waals surface area contributed by atoms with Crippen LogP contribution in [0.2, 0.25) is 0 Å². The van der Waals surface area contributed by atoms with Gasteiger partial charge in [-0.1, -0.05) is 0 Å². The number of nitrogens with zero attached hydrogens (tertiary/aromatic N) is 2. The molecule has 0 aromatic heterocycles. The molecule has 0 spiro atoms. The van der Waals surface area contributed by atoms with Crippen LogP contribution in [0.15, 0.2) is 23.1 Å². The van der Waals surface area contributed by atoms with Gasteiger partial charge in [-0.25, -0.2) is 8.42 Å². The molecule has 28 heavy (non-hydrogen) atoms. The Morgan fingerprint density at radius 3 is 2.61 bits per heavy atom. The van der Waals surface area contributed by atoms with Crippen molar-refractivity contribution >= 4 is 15.9 Å². The number of hydrogen-bond acceptors (Lipinski definition) is 5. The number of ether oxygens (including phenoxy) is 2. The average molecular weight is 422 g/mol. The van der Waals surface area contributed by atoms with Gasteiger partial charge in [-0.2, -0.15) is 17.5 Å². The largest absolute Gasteiger partial charge is 0.486 e. The van der Waals surface area contributed by atoms with E-state index < -0.39 is 41.1 Å². The van der Waals surface area contributed by atoms with E-state index in [1.165, 1.54) is 25.2 Å². The van der Waals surface area contributed by atoms with Crippen molar-refractivity contribution in [1.29, 1.82) is 0 Å². The minimum atomic E-state index is -4.37. The zero-order valence-corrected chi connectivity index (χ0v) is 16.1.